The van der Waals surface area contributed by atoms with Crippen molar-refractivity contribution in [3.63, 3.8) is 0 Å². The van der Waals surface area contributed by atoms with Gasteiger partial charge in [-0.05, 0) is 31.7 Å². The zero-order valence-electron chi connectivity index (χ0n) is 13.0. The van der Waals surface area contributed by atoms with Gasteiger partial charge in [-0.25, -0.2) is 0 Å². The molecule has 0 amide bonds. The first-order valence-corrected chi connectivity index (χ1v) is 7.92. The van der Waals surface area contributed by atoms with Crippen LogP contribution < -0.4 is 0 Å². The molecule has 0 bridgehead atoms. The van der Waals surface area contributed by atoms with Crippen LogP contribution in [-0.2, 0) is 11.2 Å². The third kappa shape index (κ3) is 3.07. The number of aliphatic hydroxyl groups excluding tert-OH is 1. The number of nitrogens with zero attached hydrogens (tertiary/aromatic N) is 2. The molecule has 1 heterocycles. The van der Waals surface area contributed by atoms with Gasteiger partial charge in [0.1, 0.15) is 0 Å². The Morgan fingerprint density at radius 3 is 2.55 bits per heavy atom. The summed E-state index contributed by atoms with van der Waals surface area (Å²) in [5.41, 5.74) is 0.617. The minimum Gasteiger partial charge on any atom is -0.390 e. The van der Waals surface area contributed by atoms with Crippen molar-refractivity contribution < 1.29 is 9.84 Å². The lowest BCUT2D eigenvalue weighted by molar-refractivity contribution is -0.0974. The number of aliphatic hydroxyl groups is 1. The van der Waals surface area contributed by atoms with Gasteiger partial charge >= 0.3 is 0 Å². The van der Waals surface area contributed by atoms with E-state index in [1.807, 2.05) is 16.9 Å². The third-order valence-electron chi connectivity index (χ3n) is 4.85. The highest BCUT2D eigenvalue weighted by Crippen LogP contribution is 2.36. The maximum absolute atomic E-state index is 10.5. The van der Waals surface area contributed by atoms with E-state index in [1.54, 1.807) is 7.11 Å². The number of hydrogen-bond acceptors (Lipinski definition) is 3. The summed E-state index contributed by atoms with van der Waals surface area (Å²) in [6.45, 7) is 4.37. The zero-order valence-corrected chi connectivity index (χ0v) is 13.0. The molecule has 20 heavy (non-hydrogen) atoms. The van der Waals surface area contributed by atoms with Crippen LogP contribution in [-0.4, -0.2) is 33.7 Å². The first kappa shape index (κ1) is 15.5. The smallest absolute Gasteiger partial charge is 0.0940 e. The van der Waals surface area contributed by atoms with Crippen LogP contribution in [0.5, 0.6) is 0 Å². The summed E-state index contributed by atoms with van der Waals surface area (Å²) in [4.78, 5) is 0. The van der Waals surface area contributed by atoms with Gasteiger partial charge in [-0.1, -0.05) is 26.7 Å². The highest BCUT2D eigenvalue weighted by Gasteiger charge is 2.40. The number of ether oxygens (including phenoxy) is 1. The van der Waals surface area contributed by atoms with Crippen LogP contribution in [0, 0.1) is 0 Å². The third-order valence-corrected chi connectivity index (χ3v) is 4.85. The molecule has 4 heteroatoms. The molecule has 0 aromatic carbocycles. The molecule has 2 rings (SSSR count). The summed E-state index contributed by atoms with van der Waals surface area (Å²) < 4.78 is 7.68. The molecule has 0 aliphatic heterocycles. The summed E-state index contributed by atoms with van der Waals surface area (Å²) in [6.07, 6.45) is 8.54. The Labute approximate surface area is 122 Å². The van der Waals surface area contributed by atoms with Crippen molar-refractivity contribution in [1.82, 2.24) is 9.78 Å². The van der Waals surface area contributed by atoms with Gasteiger partial charge in [0.05, 0.1) is 23.4 Å². The molecule has 1 aromatic heterocycles. The fourth-order valence-corrected chi connectivity index (χ4v) is 3.38. The van der Waals surface area contributed by atoms with E-state index in [0.717, 1.165) is 44.2 Å². The topological polar surface area (TPSA) is 47.3 Å². The van der Waals surface area contributed by atoms with Crippen molar-refractivity contribution in [3.8, 4) is 0 Å². The molecule has 1 atom stereocenters. The fourth-order valence-electron chi connectivity index (χ4n) is 3.38. The van der Waals surface area contributed by atoms with Crippen LogP contribution in [0.2, 0.25) is 0 Å². The summed E-state index contributed by atoms with van der Waals surface area (Å²) in [5.74, 6) is 0. The molecule has 1 aliphatic rings. The van der Waals surface area contributed by atoms with Crippen LogP contribution in [0.3, 0.4) is 0 Å². The minimum atomic E-state index is -0.458. The van der Waals surface area contributed by atoms with Gasteiger partial charge < -0.3 is 9.84 Å². The number of rotatable bonds is 7. The molecule has 1 N–H and O–H groups in total. The second-order valence-electron chi connectivity index (χ2n) is 5.95. The molecule has 0 saturated heterocycles. The van der Waals surface area contributed by atoms with E-state index >= 15 is 0 Å². The van der Waals surface area contributed by atoms with Gasteiger partial charge in [0.15, 0.2) is 0 Å². The number of hydrogen-bond donors (Lipinski definition) is 1. The van der Waals surface area contributed by atoms with E-state index in [1.165, 1.54) is 0 Å². The lowest BCUT2D eigenvalue weighted by Gasteiger charge is -2.32. The predicted molar refractivity (Wildman–Crippen MR) is 79.8 cm³/mol. The Kier molecular flexibility index (Phi) is 5.22. The van der Waals surface area contributed by atoms with Crippen LogP contribution >= 0.6 is 0 Å². The van der Waals surface area contributed by atoms with E-state index in [4.69, 9.17) is 4.74 Å². The Morgan fingerprint density at radius 2 is 2.00 bits per heavy atom. The normalized spacial score (nSPS) is 19.6. The molecule has 1 saturated carbocycles. The summed E-state index contributed by atoms with van der Waals surface area (Å²) in [6, 6.07) is 2.49. The SMILES string of the molecule is CCC(CC)n1ccc(CC(O)C2(OC)CCCC2)n1. The molecule has 1 aliphatic carbocycles. The lowest BCUT2D eigenvalue weighted by atomic mass is 9.91. The second kappa shape index (κ2) is 6.72. The average Bonchev–Trinajstić information content (AvgIpc) is 3.10. The van der Waals surface area contributed by atoms with Crippen molar-refractivity contribution in [3.05, 3.63) is 18.0 Å². The summed E-state index contributed by atoms with van der Waals surface area (Å²) in [5, 5.41) is 15.2. The Bertz CT molecular complexity index is 406. The first-order chi connectivity index (χ1) is 9.65. The number of methoxy groups -OCH3 is 1. The predicted octanol–water partition coefficient (Wildman–Crippen LogP) is 3.11. The minimum absolute atomic E-state index is 0.349. The van der Waals surface area contributed by atoms with Gasteiger partial charge in [0.2, 0.25) is 0 Å². The van der Waals surface area contributed by atoms with E-state index in [-0.39, 0.29) is 5.60 Å². The van der Waals surface area contributed by atoms with Crippen LogP contribution in [0.4, 0.5) is 0 Å². The average molecular weight is 280 g/mol. The molecule has 114 valence electrons. The van der Waals surface area contributed by atoms with Crippen molar-refractivity contribution in [2.24, 2.45) is 0 Å². The molecule has 1 fully saturated rings. The number of aromatic nitrogens is 2. The largest absolute Gasteiger partial charge is 0.390 e. The van der Waals surface area contributed by atoms with Gasteiger partial charge in [-0.2, -0.15) is 5.10 Å². The maximum Gasteiger partial charge on any atom is 0.0940 e. The van der Waals surface area contributed by atoms with Crippen LogP contribution in [0.15, 0.2) is 12.3 Å². The summed E-state index contributed by atoms with van der Waals surface area (Å²) >= 11 is 0. The van der Waals surface area contributed by atoms with Crippen molar-refractivity contribution in [2.75, 3.05) is 7.11 Å². The fraction of sp³-hybridized carbons (Fsp3) is 0.812. The second-order valence-corrected chi connectivity index (χ2v) is 5.95. The Morgan fingerprint density at radius 1 is 1.35 bits per heavy atom. The van der Waals surface area contributed by atoms with Crippen molar-refractivity contribution >= 4 is 0 Å². The molecule has 1 unspecified atom stereocenters. The van der Waals surface area contributed by atoms with Crippen molar-refractivity contribution in [1.29, 1.82) is 0 Å². The molecular formula is C16H28N2O2. The van der Waals surface area contributed by atoms with E-state index in [9.17, 15) is 5.11 Å². The molecular weight excluding hydrogens is 252 g/mol. The summed E-state index contributed by atoms with van der Waals surface area (Å²) in [7, 11) is 1.72. The first-order valence-electron chi connectivity index (χ1n) is 7.92. The van der Waals surface area contributed by atoms with E-state index < -0.39 is 6.10 Å². The van der Waals surface area contributed by atoms with E-state index in [0.29, 0.717) is 12.5 Å². The quantitative estimate of drug-likeness (QED) is 0.835. The molecule has 4 nitrogen and oxygen atoms in total. The molecule has 0 radical (unpaired) electrons. The van der Waals surface area contributed by atoms with Gasteiger partial charge in [0.25, 0.3) is 0 Å². The van der Waals surface area contributed by atoms with E-state index in [2.05, 4.69) is 18.9 Å². The van der Waals surface area contributed by atoms with Crippen LogP contribution in [0.25, 0.3) is 0 Å². The maximum atomic E-state index is 10.5. The zero-order chi connectivity index (χ0) is 14.6. The highest BCUT2D eigenvalue weighted by atomic mass is 16.5. The van der Waals surface area contributed by atoms with Crippen molar-refractivity contribution in [2.45, 2.75) is 76.5 Å². The standard InChI is InChI=1S/C16H28N2O2/c1-4-14(5-2)18-11-8-13(17-18)12-15(19)16(20-3)9-6-7-10-16/h8,11,14-15,19H,4-7,9-10,12H2,1-3H3. The Balaban J connectivity index is 2.02. The van der Waals surface area contributed by atoms with Gasteiger partial charge in [-0.15, -0.1) is 0 Å². The lowest BCUT2D eigenvalue weighted by Crippen LogP contribution is -2.43. The Hall–Kier alpha value is -0.870. The van der Waals surface area contributed by atoms with Crippen LogP contribution in [0.1, 0.15) is 64.1 Å². The van der Waals surface area contributed by atoms with Gasteiger partial charge in [-0.3, -0.25) is 4.68 Å². The molecule has 0 spiro atoms. The molecule has 1 aromatic rings. The monoisotopic (exact) mass is 280 g/mol. The van der Waals surface area contributed by atoms with Gasteiger partial charge in [0, 0.05) is 19.7 Å². The highest BCUT2D eigenvalue weighted by molar-refractivity contribution is 5.05.